The van der Waals surface area contributed by atoms with E-state index in [-0.39, 0.29) is 11.5 Å². The second-order valence-corrected chi connectivity index (χ2v) is 9.20. The highest BCUT2D eigenvalue weighted by Gasteiger charge is 2.19. The molecule has 1 unspecified atom stereocenters. The maximum atomic E-state index is 11.9. The van der Waals surface area contributed by atoms with Gasteiger partial charge in [-0.3, -0.25) is 4.90 Å². The number of nitrogens with zero attached hydrogens (tertiary/aromatic N) is 2. The average Bonchev–Trinajstić information content (AvgIpc) is 2.74. The monoisotopic (exact) mass is 433 g/mol. The first-order chi connectivity index (χ1) is 14.4. The normalized spacial score (nSPS) is 16.6. The van der Waals surface area contributed by atoms with Crippen molar-refractivity contribution in [1.29, 1.82) is 0 Å². The quantitative estimate of drug-likeness (QED) is 0.629. The van der Waals surface area contributed by atoms with Gasteiger partial charge < -0.3 is 14.7 Å². The molecule has 0 saturated carbocycles. The van der Waals surface area contributed by atoms with Crippen molar-refractivity contribution < 1.29 is 18.3 Å². The van der Waals surface area contributed by atoms with Gasteiger partial charge in [-0.1, -0.05) is 30.3 Å². The van der Waals surface area contributed by atoms with Crippen LogP contribution in [-0.2, 0) is 21.4 Å². The fourth-order valence-electron chi connectivity index (χ4n) is 3.86. The predicted molar refractivity (Wildman–Crippen MR) is 118 cm³/mol. The maximum absolute atomic E-state index is 11.9. The van der Waals surface area contributed by atoms with Gasteiger partial charge in [0.25, 0.3) is 0 Å². The van der Waals surface area contributed by atoms with E-state index in [1.165, 1.54) is 18.9 Å². The zero-order chi connectivity index (χ0) is 21.6. The number of sulfonamides is 1. The summed E-state index contributed by atoms with van der Waals surface area (Å²) in [5.74, 6) is 0. The van der Waals surface area contributed by atoms with E-state index >= 15 is 0 Å². The van der Waals surface area contributed by atoms with E-state index in [4.69, 9.17) is 9.88 Å². The third-order valence-corrected chi connectivity index (χ3v) is 6.52. The van der Waals surface area contributed by atoms with Crippen LogP contribution in [0.5, 0.6) is 0 Å². The van der Waals surface area contributed by atoms with Gasteiger partial charge in [0.2, 0.25) is 10.0 Å². The highest BCUT2D eigenvalue weighted by atomic mass is 32.2. The number of hydrogen-bond acceptors (Lipinski definition) is 6. The average molecular weight is 434 g/mol. The molecule has 0 radical (unpaired) electrons. The zero-order valence-electron chi connectivity index (χ0n) is 17.4. The van der Waals surface area contributed by atoms with Crippen molar-refractivity contribution in [3.63, 3.8) is 0 Å². The first kappa shape index (κ1) is 22.7. The minimum atomic E-state index is -3.88. The summed E-state index contributed by atoms with van der Waals surface area (Å²) >= 11 is 0. The van der Waals surface area contributed by atoms with E-state index in [1.54, 1.807) is 12.1 Å². The number of para-hydroxylation sites is 1. The van der Waals surface area contributed by atoms with Crippen LogP contribution < -0.4 is 10.0 Å². The first-order valence-corrected chi connectivity index (χ1v) is 11.8. The van der Waals surface area contributed by atoms with E-state index in [0.29, 0.717) is 17.5 Å². The van der Waals surface area contributed by atoms with Gasteiger partial charge in [-0.2, -0.15) is 0 Å². The van der Waals surface area contributed by atoms with E-state index in [0.717, 1.165) is 39.1 Å². The van der Waals surface area contributed by atoms with Gasteiger partial charge in [0.05, 0.1) is 17.6 Å². The second kappa shape index (κ2) is 10.4. The van der Waals surface area contributed by atoms with Gasteiger partial charge >= 0.3 is 0 Å². The molecule has 0 aliphatic carbocycles. The Labute approximate surface area is 179 Å². The van der Waals surface area contributed by atoms with Crippen molar-refractivity contribution in [2.24, 2.45) is 5.14 Å². The molecule has 1 aliphatic heterocycles. The lowest BCUT2D eigenvalue weighted by Gasteiger charge is -2.36. The molecule has 1 atom stereocenters. The van der Waals surface area contributed by atoms with Crippen LogP contribution >= 0.6 is 0 Å². The molecular formula is C22H31N3O4S. The van der Waals surface area contributed by atoms with Gasteiger partial charge in [-0.15, -0.1) is 0 Å². The van der Waals surface area contributed by atoms with Crippen LogP contribution in [0.2, 0.25) is 0 Å². The second-order valence-electron chi connectivity index (χ2n) is 7.67. The fraction of sp³-hybridized carbons (Fsp3) is 0.455. The summed E-state index contributed by atoms with van der Waals surface area (Å²) in [6.07, 6.45) is 0.663. The van der Waals surface area contributed by atoms with Gasteiger partial charge in [0, 0.05) is 39.0 Å². The molecule has 0 bridgehead atoms. The molecule has 30 heavy (non-hydrogen) atoms. The molecule has 164 valence electrons. The summed E-state index contributed by atoms with van der Waals surface area (Å²) in [6.45, 7) is 5.02. The Balaban J connectivity index is 1.50. The van der Waals surface area contributed by atoms with E-state index in [2.05, 4.69) is 34.1 Å². The van der Waals surface area contributed by atoms with Gasteiger partial charge in [-0.05, 0) is 48.7 Å². The zero-order valence-corrected chi connectivity index (χ0v) is 18.2. The fourth-order valence-corrected chi connectivity index (χ4v) is 4.65. The third kappa shape index (κ3) is 6.02. The number of aliphatic hydroxyl groups is 1. The minimum absolute atomic E-state index is 0.0120. The van der Waals surface area contributed by atoms with Crippen LogP contribution in [0.15, 0.2) is 53.4 Å². The number of benzene rings is 2. The third-order valence-electron chi connectivity index (χ3n) is 5.53. The van der Waals surface area contributed by atoms with Crippen molar-refractivity contribution in [2.45, 2.75) is 30.4 Å². The number of nitrogens with two attached hydrogens (primary N) is 1. The number of hydrogen-bond donors (Lipinski definition) is 2. The van der Waals surface area contributed by atoms with Crippen LogP contribution in [0.3, 0.4) is 0 Å². The molecule has 0 aromatic heterocycles. The van der Waals surface area contributed by atoms with Crippen LogP contribution in [0.25, 0.3) is 0 Å². The summed E-state index contributed by atoms with van der Waals surface area (Å²) in [5, 5.41) is 15.9. The highest BCUT2D eigenvalue weighted by molar-refractivity contribution is 7.89. The Bertz CT molecular complexity index is 913. The van der Waals surface area contributed by atoms with Gasteiger partial charge in [0.1, 0.15) is 0 Å². The first-order valence-electron chi connectivity index (χ1n) is 10.2. The maximum Gasteiger partial charge on any atom is 0.238 e. The van der Waals surface area contributed by atoms with Gasteiger partial charge in [-0.25, -0.2) is 13.6 Å². The summed E-state index contributed by atoms with van der Waals surface area (Å²) < 4.78 is 28.8. The number of aliphatic hydroxyl groups excluding tert-OH is 1. The lowest BCUT2D eigenvalue weighted by molar-refractivity contribution is 0.153. The molecule has 1 fully saturated rings. The molecule has 1 heterocycles. The number of methoxy groups -OCH3 is 1. The van der Waals surface area contributed by atoms with Crippen LogP contribution in [0.1, 0.15) is 30.1 Å². The summed E-state index contributed by atoms with van der Waals surface area (Å²) in [4.78, 5) is 4.81. The molecule has 3 rings (SSSR count). The van der Waals surface area contributed by atoms with Gasteiger partial charge in [0.15, 0.2) is 0 Å². The molecule has 1 aliphatic rings. The number of ether oxygens (including phenoxy) is 1. The predicted octanol–water partition coefficient (Wildman–Crippen LogP) is 2.12. The molecule has 8 heteroatoms. The molecule has 0 spiro atoms. The largest absolute Gasteiger partial charge is 0.388 e. The smallest absolute Gasteiger partial charge is 0.238 e. The van der Waals surface area contributed by atoms with Crippen LogP contribution in [0, 0.1) is 0 Å². The molecule has 0 amide bonds. The Morgan fingerprint density at radius 1 is 1.10 bits per heavy atom. The lowest BCUT2D eigenvalue weighted by atomic mass is 10.0. The van der Waals surface area contributed by atoms with E-state index in [1.807, 2.05) is 6.07 Å². The van der Waals surface area contributed by atoms with E-state index in [9.17, 15) is 13.5 Å². The molecule has 2 aromatic carbocycles. The Morgan fingerprint density at radius 3 is 2.43 bits per heavy atom. The Hall–Kier alpha value is -1.97. The van der Waals surface area contributed by atoms with Crippen molar-refractivity contribution in [3.05, 3.63) is 59.7 Å². The molecule has 7 nitrogen and oxygen atoms in total. The van der Waals surface area contributed by atoms with Crippen molar-refractivity contribution >= 4 is 15.7 Å². The highest BCUT2D eigenvalue weighted by Crippen LogP contribution is 2.25. The SMILES string of the molecule is COCc1ccc(C(O)CCCN2CCN(c3ccccc3)CC2)cc1S(N)(=O)=O. The molecule has 3 N–H and O–H groups in total. The Kier molecular flexibility index (Phi) is 7.85. The van der Waals surface area contributed by atoms with Crippen LogP contribution in [-0.4, -0.2) is 58.3 Å². The Morgan fingerprint density at radius 2 is 1.80 bits per heavy atom. The van der Waals surface area contributed by atoms with Crippen molar-refractivity contribution in [3.8, 4) is 0 Å². The number of rotatable bonds is 9. The molecule has 1 saturated heterocycles. The topological polar surface area (TPSA) is 96.1 Å². The van der Waals surface area contributed by atoms with E-state index < -0.39 is 16.1 Å². The molecular weight excluding hydrogens is 402 g/mol. The van der Waals surface area contributed by atoms with Crippen molar-refractivity contribution in [1.82, 2.24) is 4.90 Å². The van der Waals surface area contributed by atoms with Crippen LogP contribution in [0.4, 0.5) is 5.69 Å². The number of primary sulfonamides is 1. The standard InChI is InChI=1S/C22H31N3O4S/c1-29-17-19-10-9-18(16-22(19)30(23,27)28)21(26)8-5-11-24-12-14-25(15-13-24)20-6-3-2-4-7-20/h2-4,6-7,9-10,16,21,26H,5,8,11-15,17H2,1H3,(H2,23,27,28). The summed E-state index contributed by atoms with van der Waals surface area (Å²) in [7, 11) is -2.39. The summed E-state index contributed by atoms with van der Waals surface area (Å²) in [6, 6.07) is 15.3. The van der Waals surface area contributed by atoms with Crippen molar-refractivity contribution in [2.75, 3.05) is 44.7 Å². The number of piperazine rings is 1. The molecule has 2 aromatic rings. The summed E-state index contributed by atoms with van der Waals surface area (Å²) in [5.41, 5.74) is 2.31. The number of anilines is 1. The lowest BCUT2D eigenvalue weighted by Crippen LogP contribution is -2.46. The minimum Gasteiger partial charge on any atom is -0.388 e.